The molecule has 10 heavy (non-hydrogen) atoms. The zero-order valence-corrected chi connectivity index (χ0v) is 6.59. The summed E-state index contributed by atoms with van der Waals surface area (Å²) in [5.41, 5.74) is 11.2. The molecule has 0 aromatic heterocycles. The Bertz CT molecular complexity index is 111. The van der Waals surface area contributed by atoms with Gasteiger partial charge in [-0.1, -0.05) is 0 Å². The molecular formula is C6H16N4. The van der Waals surface area contributed by atoms with E-state index in [2.05, 4.69) is 10.2 Å². The molecule has 1 aliphatic rings. The van der Waals surface area contributed by atoms with Crippen molar-refractivity contribution >= 4 is 0 Å². The molecule has 0 bridgehead atoms. The number of piperazine rings is 1. The maximum absolute atomic E-state index is 5.90. The maximum atomic E-state index is 5.90. The van der Waals surface area contributed by atoms with Crippen LogP contribution in [-0.4, -0.2) is 36.9 Å². The number of rotatable bonds is 0. The molecule has 1 aliphatic heterocycles. The summed E-state index contributed by atoms with van der Waals surface area (Å²) in [5.74, 6) is 0. The van der Waals surface area contributed by atoms with Crippen molar-refractivity contribution in [2.75, 3.05) is 20.1 Å². The number of hydrogen-bond donors (Lipinski definition) is 3. The van der Waals surface area contributed by atoms with Crippen molar-refractivity contribution in [1.82, 2.24) is 10.2 Å². The normalized spacial score (nSPS) is 43.8. The molecule has 0 saturated carbocycles. The highest BCUT2D eigenvalue weighted by atomic mass is 15.3. The monoisotopic (exact) mass is 144 g/mol. The largest absolute Gasteiger partial charge is 0.313 e. The fraction of sp³-hybridized carbons (Fsp3) is 1.00. The molecule has 0 aliphatic carbocycles. The molecule has 1 saturated heterocycles. The van der Waals surface area contributed by atoms with Gasteiger partial charge in [-0.2, -0.15) is 0 Å². The average molecular weight is 144 g/mol. The number of nitrogens with two attached hydrogens (primary N) is 2. The van der Waals surface area contributed by atoms with Crippen LogP contribution in [-0.2, 0) is 0 Å². The molecule has 0 aromatic carbocycles. The van der Waals surface area contributed by atoms with Crippen LogP contribution in [0.4, 0.5) is 0 Å². The first-order chi connectivity index (χ1) is 4.55. The SMILES string of the molecule is CN1CCNC(N)C1(C)N. The summed E-state index contributed by atoms with van der Waals surface area (Å²) in [6.07, 6.45) is -0.119. The molecule has 0 aromatic rings. The Kier molecular flexibility index (Phi) is 1.96. The first kappa shape index (κ1) is 7.94. The summed E-state index contributed by atoms with van der Waals surface area (Å²) in [7, 11) is 1.99. The molecule has 4 nitrogen and oxygen atoms in total. The summed E-state index contributed by atoms with van der Waals surface area (Å²) >= 11 is 0. The highest BCUT2D eigenvalue weighted by Gasteiger charge is 2.34. The molecular weight excluding hydrogens is 128 g/mol. The van der Waals surface area contributed by atoms with Crippen molar-refractivity contribution in [1.29, 1.82) is 0 Å². The average Bonchev–Trinajstić information content (AvgIpc) is 1.84. The summed E-state index contributed by atoms with van der Waals surface area (Å²) in [4.78, 5) is 2.06. The van der Waals surface area contributed by atoms with Crippen molar-refractivity contribution in [2.45, 2.75) is 18.8 Å². The Morgan fingerprint density at radius 2 is 2.30 bits per heavy atom. The molecule has 2 unspecified atom stereocenters. The molecule has 0 spiro atoms. The Morgan fingerprint density at radius 3 is 2.70 bits per heavy atom. The summed E-state index contributed by atoms with van der Waals surface area (Å²) < 4.78 is 0. The van der Waals surface area contributed by atoms with Crippen LogP contribution in [0, 0.1) is 0 Å². The molecule has 0 radical (unpaired) electrons. The Labute approximate surface area is 61.5 Å². The van der Waals surface area contributed by atoms with Crippen LogP contribution in [0.25, 0.3) is 0 Å². The van der Waals surface area contributed by atoms with E-state index in [-0.39, 0.29) is 6.17 Å². The molecule has 1 heterocycles. The number of likely N-dealkylation sites (N-methyl/N-ethyl adjacent to an activating group) is 1. The third-order valence-corrected chi connectivity index (χ3v) is 2.26. The van der Waals surface area contributed by atoms with E-state index >= 15 is 0 Å². The van der Waals surface area contributed by atoms with Crippen LogP contribution in [0.3, 0.4) is 0 Å². The highest BCUT2D eigenvalue weighted by Crippen LogP contribution is 2.10. The lowest BCUT2D eigenvalue weighted by Crippen LogP contribution is -2.72. The van der Waals surface area contributed by atoms with Crippen molar-refractivity contribution < 1.29 is 0 Å². The lowest BCUT2D eigenvalue weighted by atomic mass is 10.1. The quantitative estimate of drug-likeness (QED) is 0.386. The number of nitrogens with zero attached hydrogens (tertiary/aromatic N) is 1. The van der Waals surface area contributed by atoms with Gasteiger partial charge in [0.05, 0.1) is 11.8 Å². The number of nitrogens with one attached hydrogen (secondary N) is 1. The second-order valence-electron chi connectivity index (χ2n) is 3.08. The molecule has 5 N–H and O–H groups in total. The van der Waals surface area contributed by atoms with Crippen LogP contribution in [0.5, 0.6) is 0 Å². The van der Waals surface area contributed by atoms with Gasteiger partial charge in [0.25, 0.3) is 0 Å². The summed E-state index contributed by atoms with van der Waals surface area (Å²) in [6.45, 7) is 3.81. The lowest BCUT2D eigenvalue weighted by molar-refractivity contribution is 0.0660. The Morgan fingerprint density at radius 1 is 1.70 bits per heavy atom. The van der Waals surface area contributed by atoms with Gasteiger partial charge >= 0.3 is 0 Å². The van der Waals surface area contributed by atoms with Gasteiger partial charge in [0.2, 0.25) is 0 Å². The summed E-state index contributed by atoms with van der Waals surface area (Å²) in [5, 5.41) is 3.11. The van der Waals surface area contributed by atoms with Crippen molar-refractivity contribution in [3.05, 3.63) is 0 Å². The van der Waals surface area contributed by atoms with E-state index in [9.17, 15) is 0 Å². The third-order valence-electron chi connectivity index (χ3n) is 2.26. The van der Waals surface area contributed by atoms with E-state index in [1.165, 1.54) is 0 Å². The minimum atomic E-state index is -0.405. The van der Waals surface area contributed by atoms with Crippen molar-refractivity contribution in [3.63, 3.8) is 0 Å². The van der Waals surface area contributed by atoms with Crippen LogP contribution in [0.1, 0.15) is 6.92 Å². The van der Waals surface area contributed by atoms with Gasteiger partial charge in [-0.25, -0.2) is 0 Å². The van der Waals surface area contributed by atoms with Gasteiger partial charge in [0.1, 0.15) is 0 Å². The Balaban J connectivity index is 2.63. The molecule has 60 valence electrons. The van der Waals surface area contributed by atoms with Gasteiger partial charge in [-0.15, -0.1) is 0 Å². The van der Waals surface area contributed by atoms with Crippen molar-refractivity contribution in [2.24, 2.45) is 11.5 Å². The van der Waals surface area contributed by atoms with E-state index in [1.807, 2.05) is 14.0 Å². The highest BCUT2D eigenvalue weighted by molar-refractivity contribution is 4.91. The van der Waals surface area contributed by atoms with Crippen LogP contribution >= 0.6 is 0 Å². The van der Waals surface area contributed by atoms with Crippen LogP contribution < -0.4 is 16.8 Å². The lowest BCUT2D eigenvalue weighted by Gasteiger charge is -2.44. The molecule has 2 atom stereocenters. The second-order valence-corrected chi connectivity index (χ2v) is 3.08. The fourth-order valence-electron chi connectivity index (χ4n) is 1.07. The van der Waals surface area contributed by atoms with Gasteiger partial charge < -0.3 is 11.5 Å². The van der Waals surface area contributed by atoms with Gasteiger partial charge in [-0.3, -0.25) is 10.2 Å². The topological polar surface area (TPSA) is 67.3 Å². The van der Waals surface area contributed by atoms with E-state index < -0.39 is 5.66 Å². The second kappa shape index (κ2) is 2.47. The first-order valence-electron chi connectivity index (χ1n) is 3.54. The zero-order valence-electron chi connectivity index (χ0n) is 6.59. The first-order valence-corrected chi connectivity index (χ1v) is 3.54. The Hall–Kier alpha value is -0.160. The predicted molar refractivity (Wildman–Crippen MR) is 41.2 cm³/mol. The van der Waals surface area contributed by atoms with Crippen LogP contribution in [0.15, 0.2) is 0 Å². The maximum Gasteiger partial charge on any atom is 0.0947 e. The smallest absolute Gasteiger partial charge is 0.0947 e. The van der Waals surface area contributed by atoms with E-state index in [0.29, 0.717) is 0 Å². The van der Waals surface area contributed by atoms with Crippen molar-refractivity contribution in [3.8, 4) is 0 Å². The van der Waals surface area contributed by atoms with E-state index in [4.69, 9.17) is 11.5 Å². The van der Waals surface area contributed by atoms with Crippen LogP contribution in [0.2, 0.25) is 0 Å². The van der Waals surface area contributed by atoms with Gasteiger partial charge in [-0.05, 0) is 14.0 Å². The fourth-order valence-corrected chi connectivity index (χ4v) is 1.07. The minimum absolute atomic E-state index is 0.119. The third kappa shape index (κ3) is 1.15. The standard InChI is InChI=1S/C6H16N4/c1-6(8)5(7)9-3-4-10(6)2/h5,9H,3-4,7-8H2,1-2H3. The van der Waals surface area contributed by atoms with Gasteiger partial charge in [0.15, 0.2) is 0 Å². The molecule has 1 rings (SSSR count). The zero-order chi connectivity index (χ0) is 7.78. The predicted octanol–water partition coefficient (Wildman–Crippen LogP) is -1.52. The van der Waals surface area contributed by atoms with E-state index in [0.717, 1.165) is 13.1 Å². The van der Waals surface area contributed by atoms with E-state index in [1.54, 1.807) is 0 Å². The number of hydrogen-bond acceptors (Lipinski definition) is 4. The molecule has 4 heteroatoms. The molecule has 1 fully saturated rings. The summed E-state index contributed by atoms with van der Waals surface area (Å²) in [6, 6.07) is 0. The minimum Gasteiger partial charge on any atom is -0.313 e. The van der Waals surface area contributed by atoms with Gasteiger partial charge in [0, 0.05) is 13.1 Å². The molecule has 0 amide bonds.